The highest BCUT2D eigenvalue weighted by atomic mass is 32.2. The number of nitrogens with one attached hydrogen (secondary N) is 2. The Kier molecular flexibility index (Phi) is 4.47. The Morgan fingerprint density at radius 1 is 1.19 bits per heavy atom. The summed E-state index contributed by atoms with van der Waals surface area (Å²) >= 11 is 1.66. The molecule has 3 rings (SSSR count). The molecular formula is C15H20N2O2S2. The molecule has 0 radical (unpaired) electrons. The summed E-state index contributed by atoms with van der Waals surface area (Å²) in [6, 6.07) is 8.36. The van der Waals surface area contributed by atoms with E-state index in [1.165, 1.54) is 17.5 Å². The van der Waals surface area contributed by atoms with Crippen LogP contribution in [0.1, 0.15) is 25.7 Å². The summed E-state index contributed by atoms with van der Waals surface area (Å²) in [6.07, 6.45) is 4.13. The zero-order valence-electron chi connectivity index (χ0n) is 11.8. The van der Waals surface area contributed by atoms with Crippen LogP contribution in [0.2, 0.25) is 0 Å². The predicted molar refractivity (Wildman–Crippen MR) is 89.5 cm³/mol. The molecule has 0 saturated heterocycles. The van der Waals surface area contributed by atoms with Gasteiger partial charge in [0, 0.05) is 16.4 Å². The summed E-state index contributed by atoms with van der Waals surface area (Å²) in [5.41, 5.74) is 0.650. The van der Waals surface area contributed by atoms with E-state index in [1.807, 2.05) is 29.6 Å². The van der Waals surface area contributed by atoms with Crippen molar-refractivity contribution in [3.63, 3.8) is 0 Å². The van der Waals surface area contributed by atoms with Gasteiger partial charge in [0.15, 0.2) is 0 Å². The molecule has 1 aliphatic carbocycles. The Balaban J connectivity index is 1.49. The maximum atomic E-state index is 12.1. The largest absolute Gasteiger partial charge is 0.314 e. The molecule has 4 nitrogen and oxygen atoms in total. The first-order valence-corrected chi connectivity index (χ1v) is 9.87. The zero-order valence-corrected chi connectivity index (χ0v) is 13.5. The second-order valence-electron chi connectivity index (χ2n) is 5.53. The highest BCUT2D eigenvalue weighted by Crippen LogP contribution is 2.24. The fourth-order valence-electron chi connectivity index (χ4n) is 2.27. The molecule has 1 fully saturated rings. The van der Waals surface area contributed by atoms with E-state index in [0.717, 1.165) is 18.4 Å². The van der Waals surface area contributed by atoms with E-state index in [2.05, 4.69) is 10.0 Å². The molecule has 0 atom stereocenters. The minimum atomic E-state index is -3.25. The second kappa shape index (κ2) is 6.34. The van der Waals surface area contributed by atoms with Crippen LogP contribution in [0.5, 0.6) is 0 Å². The van der Waals surface area contributed by atoms with Crippen LogP contribution >= 0.6 is 11.3 Å². The quantitative estimate of drug-likeness (QED) is 0.733. The molecule has 0 bridgehead atoms. The predicted octanol–water partition coefficient (Wildman–Crippen LogP) is 3.18. The molecule has 0 spiro atoms. The first-order chi connectivity index (χ1) is 10.1. The fraction of sp³-hybridized carbons (Fsp3) is 0.467. The number of benzene rings is 1. The van der Waals surface area contributed by atoms with Gasteiger partial charge in [0.25, 0.3) is 0 Å². The van der Waals surface area contributed by atoms with Crippen molar-refractivity contribution >= 4 is 37.1 Å². The molecule has 1 aliphatic rings. The average Bonchev–Trinajstić information content (AvgIpc) is 3.14. The third-order valence-corrected chi connectivity index (χ3v) is 5.85. The lowest BCUT2D eigenvalue weighted by Gasteiger charge is -2.08. The van der Waals surface area contributed by atoms with Crippen LogP contribution in [0, 0.1) is 0 Å². The second-order valence-corrected chi connectivity index (χ2v) is 8.32. The number of anilines is 1. The van der Waals surface area contributed by atoms with Crippen LogP contribution in [-0.4, -0.2) is 26.8 Å². The van der Waals surface area contributed by atoms with Gasteiger partial charge in [0.05, 0.1) is 5.75 Å². The third kappa shape index (κ3) is 4.43. The van der Waals surface area contributed by atoms with E-state index in [9.17, 15) is 8.42 Å². The van der Waals surface area contributed by atoms with Crippen LogP contribution in [0.15, 0.2) is 29.6 Å². The number of hydrogen-bond donors (Lipinski definition) is 2. The van der Waals surface area contributed by atoms with Crippen LogP contribution < -0.4 is 10.0 Å². The first kappa shape index (κ1) is 14.8. The van der Waals surface area contributed by atoms with E-state index >= 15 is 0 Å². The Morgan fingerprint density at radius 3 is 2.86 bits per heavy atom. The van der Waals surface area contributed by atoms with Crippen LogP contribution in [-0.2, 0) is 10.0 Å². The molecule has 0 aliphatic heterocycles. The Labute approximate surface area is 129 Å². The van der Waals surface area contributed by atoms with Crippen molar-refractivity contribution in [2.45, 2.75) is 31.7 Å². The number of fused-ring (bicyclic) bond motifs is 1. The molecule has 1 aromatic carbocycles. The van der Waals surface area contributed by atoms with Gasteiger partial charge in [0.2, 0.25) is 10.0 Å². The van der Waals surface area contributed by atoms with Gasteiger partial charge in [-0.25, -0.2) is 8.42 Å². The summed E-state index contributed by atoms with van der Waals surface area (Å²) in [6.45, 7) is 0.918. The summed E-state index contributed by atoms with van der Waals surface area (Å²) in [7, 11) is -3.25. The lowest BCUT2D eigenvalue weighted by molar-refractivity contribution is 0.591. The SMILES string of the molecule is O=S(=O)(CCCCNC1CC1)Nc1ccc2sccc2c1. The fourth-order valence-corrected chi connectivity index (χ4v) is 4.21. The molecule has 2 aromatic rings. The molecule has 21 heavy (non-hydrogen) atoms. The van der Waals surface area contributed by atoms with E-state index in [4.69, 9.17) is 0 Å². The van der Waals surface area contributed by atoms with Gasteiger partial charge in [-0.1, -0.05) is 0 Å². The summed E-state index contributed by atoms with van der Waals surface area (Å²) in [5.74, 6) is 0.182. The molecule has 2 N–H and O–H groups in total. The van der Waals surface area contributed by atoms with E-state index in [0.29, 0.717) is 18.2 Å². The van der Waals surface area contributed by atoms with E-state index in [1.54, 1.807) is 11.3 Å². The Hall–Kier alpha value is -1.11. The molecule has 1 saturated carbocycles. The van der Waals surface area contributed by atoms with Crippen molar-refractivity contribution in [2.75, 3.05) is 17.0 Å². The van der Waals surface area contributed by atoms with Crippen molar-refractivity contribution in [1.82, 2.24) is 5.32 Å². The average molecular weight is 324 g/mol. The van der Waals surface area contributed by atoms with Gasteiger partial charge < -0.3 is 5.32 Å². The van der Waals surface area contributed by atoms with Gasteiger partial charge in [-0.15, -0.1) is 11.3 Å². The monoisotopic (exact) mass is 324 g/mol. The van der Waals surface area contributed by atoms with Gasteiger partial charge >= 0.3 is 0 Å². The van der Waals surface area contributed by atoms with E-state index in [-0.39, 0.29) is 5.75 Å². The summed E-state index contributed by atoms with van der Waals surface area (Å²) in [4.78, 5) is 0. The highest BCUT2D eigenvalue weighted by Gasteiger charge is 2.19. The van der Waals surface area contributed by atoms with Crippen molar-refractivity contribution in [2.24, 2.45) is 0 Å². The van der Waals surface area contributed by atoms with Crippen molar-refractivity contribution in [3.05, 3.63) is 29.6 Å². The maximum absolute atomic E-state index is 12.1. The van der Waals surface area contributed by atoms with Gasteiger partial charge in [-0.3, -0.25) is 4.72 Å². The standard InChI is InChI=1S/C15H20N2O2S2/c18-21(19,10-2-1-8-16-13-3-4-13)17-14-5-6-15-12(11-14)7-9-20-15/h5-7,9,11,13,16-17H,1-4,8,10H2. The molecule has 1 heterocycles. The topological polar surface area (TPSA) is 58.2 Å². The number of hydrogen-bond acceptors (Lipinski definition) is 4. The first-order valence-electron chi connectivity index (χ1n) is 7.33. The van der Waals surface area contributed by atoms with Crippen molar-refractivity contribution in [3.8, 4) is 0 Å². The smallest absolute Gasteiger partial charge is 0.232 e. The van der Waals surface area contributed by atoms with Gasteiger partial charge in [-0.05, 0) is 67.3 Å². The molecule has 1 aromatic heterocycles. The molecule has 6 heteroatoms. The van der Waals surface area contributed by atoms with E-state index < -0.39 is 10.0 Å². The highest BCUT2D eigenvalue weighted by molar-refractivity contribution is 7.92. The van der Waals surface area contributed by atoms with Crippen LogP contribution in [0.4, 0.5) is 5.69 Å². The van der Waals surface area contributed by atoms with Crippen LogP contribution in [0.3, 0.4) is 0 Å². The lowest BCUT2D eigenvalue weighted by atomic mass is 10.2. The minimum Gasteiger partial charge on any atom is -0.314 e. The number of thiophene rings is 1. The number of sulfonamides is 1. The zero-order chi connectivity index (χ0) is 14.7. The van der Waals surface area contributed by atoms with Crippen molar-refractivity contribution < 1.29 is 8.42 Å². The van der Waals surface area contributed by atoms with Crippen molar-refractivity contribution in [1.29, 1.82) is 0 Å². The molecule has 0 unspecified atom stereocenters. The minimum absolute atomic E-state index is 0.182. The third-order valence-electron chi connectivity index (χ3n) is 3.58. The van der Waals surface area contributed by atoms with Gasteiger partial charge in [-0.2, -0.15) is 0 Å². The van der Waals surface area contributed by atoms with Crippen LogP contribution in [0.25, 0.3) is 10.1 Å². The lowest BCUT2D eigenvalue weighted by Crippen LogP contribution is -2.20. The normalized spacial score (nSPS) is 15.4. The summed E-state index contributed by atoms with van der Waals surface area (Å²) < 4.78 is 27.9. The van der Waals surface area contributed by atoms with Gasteiger partial charge in [0.1, 0.15) is 0 Å². The Bertz CT molecular complexity index is 705. The molecule has 114 valence electrons. The molecular weight excluding hydrogens is 304 g/mol. The Morgan fingerprint density at radius 2 is 2.05 bits per heavy atom. The number of unbranched alkanes of at least 4 members (excludes halogenated alkanes) is 1. The number of rotatable bonds is 8. The summed E-state index contributed by atoms with van der Waals surface area (Å²) in [5, 5.41) is 6.48. The maximum Gasteiger partial charge on any atom is 0.232 e. The molecule has 0 amide bonds.